The van der Waals surface area contributed by atoms with Gasteiger partial charge >= 0.3 is 0 Å². The summed E-state index contributed by atoms with van der Waals surface area (Å²) in [5, 5.41) is 2.93. The largest absolute Gasteiger partial charge is 0.381 e. The van der Waals surface area contributed by atoms with Gasteiger partial charge in [-0.05, 0) is 32.1 Å². The number of piperazine rings is 1. The first-order valence-corrected chi connectivity index (χ1v) is 7.45. The van der Waals surface area contributed by atoms with E-state index in [4.69, 9.17) is 4.74 Å². The molecule has 3 unspecified atom stereocenters. The lowest BCUT2D eigenvalue weighted by Crippen LogP contribution is -2.73. The van der Waals surface area contributed by atoms with Crippen LogP contribution in [0.15, 0.2) is 0 Å². The van der Waals surface area contributed by atoms with Crippen molar-refractivity contribution in [1.29, 1.82) is 0 Å². The number of carbonyl (C=O) groups excluding carboxylic acids is 2. The number of hydrogen-bond donors (Lipinski definition) is 1. The van der Waals surface area contributed by atoms with Crippen molar-refractivity contribution in [2.45, 2.75) is 57.7 Å². The smallest absolute Gasteiger partial charge is 0.249 e. The van der Waals surface area contributed by atoms with E-state index in [0.29, 0.717) is 5.92 Å². The molecular weight excluding hydrogens is 256 g/mol. The van der Waals surface area contributed by atoms with E-state index in [1.807, 2.05) is 6.92 Å². The van der Waals surface area contributed by atoms with Crippen LogP contribution in [0.2, 0.25) is 0 Å². The van der Waals surface area contributed by atoms with Crippen molar-refractivity contribution >= 4 is 11.8 Å². The molecular formula is C15H24N2O3. The molecule has 1 heterocycles. The normalized spacial score (nSPS) is 40.3. The molecule has 0 spiro atoms. The standard InChI is InChI=1S/C15H24N2O3/c1-14(2)10(7-11(14)20-4)17-8-12(18)16-15(3,13(17)19)9-5-6-9/h9-11H,5-8H2,1-4H3,(H,16,18). The van der Waals surface area contributed by atoms with Gasteiger partial charge in [-0.15, -0.1) is 0 Å². The second-order valence-electron chi connectivity index (χ2n) is 7.26. The van der Waals surface area contributed by atoms with Crippen LogP contribution >= 0.6 is 0 Å². The summed E-state index contributed by atoms with van der Waals surface area (Å²) in [5.74, 6) is 0.367. The third kappa shape index (κ3) is 1.79. The maximum Gasteiger partial charge on any atom is 0.249 e. The number of hydrogen-bond acceptors (Lipinski definition) is 3. The number of carbonyl (C=O) groups is 2. The lowest BCUT2D eigenvalue weighted by atomic mass is 9.63. The molecule has 2 saturated carbocycles. The van der Waals surface area contributed by atoms with Crippen molar-refractivity contribution < 1.29 is 14.3 Å². The molecule has 1 saturated heterocycles. The van der Waals surface area contributed by atoms with Crippen LogP contribution in [0.25, 0.3) is 0 Å². The Morgan fingerprint density at radius 2 is 1.90 bits per heavy atom. The van der Waals surface area contributed by atoms with Crippen LogP contribution < -0.4 is 5.32 Å². The average Bonchev–Trinajstić information content (AvgIpc) is 3.18. The summed E-state index contributed by atoms with van der Waals surface area (Å²) in [5.41, 5.74) is -0.782. The van der Waals surface area contributed by atoms with Crippen LogP contribution in [-0.2, 0) is 14.3 Å². The zero-order valence-electron chi connectivity index (χ0n) is 12.7. The molecule has 5 heteroatoms. The van der Waals surface area contributed by atoms with E-state index >= 15 is 0 Å². The highest BCUT2D eigenvalue weighted by Gasteiger charge is 2.59. The van der Waals surface area contributed by atoms with Crippen molar-refractivity contribution in [2.24, 2.45) is 11.3 Å². The van der Waals surface area contributed by atoms with Crippen molar-refractivity contribution in [3.05, 3.63) is 0 Å². The van der Waals surface area contributed by atoms with Gasteiger partial charge in [0.2, 0.25) is 11.8 Å². The Balaban J connectivity index is 1.83. The second-order valence-corrected chi connectivity index (χ2v) is 7.26. The first-order chi connectivity index (χ1) is 9.30. The Morgan fingerprint density at radius 3 is 2.40 bits per heavy atom. The van der Waals surface area contributed by atoms with Gasteiger partial charge in [-0.3, -0.25) is 9.59 Å². The van der Waals surface area contributed by atoms with Crippen LogP contribution in [0.1, 0.15) is 40.0 Å². The highest BCUT2D eigenvalue weighted by Crippen LogP contribution is 2.48. The molecule has 20 heavy (non-hydrogen) atoms. The van der Waals surface area contributed by atoms with E-state index in [1.54, 1.807) is 12.0 Å². The van der Waals surface area contributed by atoms with Gasteiger partial charge in [-0.2, -0.15) is 0 Å². The number of ether oxygens (including phenoxy) is 1. The highest BCUT2D eigenvalue weighted by molar-refractivity contribution is 5.98. The van der Waals surface area contributed by atoms with Crippen molar-refractivity contribution in [3.8, 4) is 0 Å². The van der Waals surface area contributed by atoms with Crippen LogP contribution in [0.5, 0.6) is 0 Å². The Hall–Kier alpha value is -1.10. The third-order valence-corrected chi connectivity index (χ3v) is 5.60. The van der Waals surface area contributed by atoms with Crippen molar-refractivity contribution in [1.82, 2.24) is 10.2 Å². The summed E-state index contributed by atoms with van der Waals surface area (Å²) in [7, 11) is 1.71. The van der Waals surface area contributed by atoms with Gasteiger partial charge in [-0.1, -0.05) is 13.8 Å². The minimum absolute atomic E-state index is 0.0318. The van der Waals surface area contributed by atoms with Crippen LogP contribution in [-0.4, -0.2) is 48.1 Å². The molecule has 3 aliphatic rings. The predicted molar refractivity (Wildman–Crippen MR) is 74.0 cm³/mol. The molecule has 1 aliphatic heterocycles. The number of rotatable bonds is 3. The molecule has 5 nitrogen and oxygen atoms in total. The SMILES string of the molecule is COC1CC(N2CC(=O)NC(C)(C3CC3)C2=O)C1(C)C. The fourth-order valence-corrected chi connectivity index (χ4v) is 3.89. The Labute approximate surface area is 120 Å². The molecule has 1 N–H and O–H groups in total. The van der Waals surface area contributed by atoms with Crippen molar-refractivity contribution in [2.75, 3.05) is 13.7 Å². The molecule has 0 aromatic carbocycles. The van der Waals surface area contributed by atoms with Crippen LogP contribution in [0.4, 0.5) is 0 Å². The van der Waals surface area contributed by atoms with E-state index in [-0.39, 0.29) is 35.9 Å². The second kappa shape index (κ2) is 4.20. The van der Waals surface area contributed by atoms with Gasteiger partial charge in [-0.25, -0.2) is 0 Å². The molecule has 0 bridgehead atoms. The van der Waals surface area contributed by atoms with Gasteiger partial charge in [0.1, 0.15) is 5.54 Å². The fraction of sp³-hybridized carbons (Fsp3) is 0.867. The van der Waals surface area contributed by atoms with E-state index in [9.17, 15) is 9.59 Å². The zero-order valence-corrected chi connectivity index (χ0v) is 12.7. The first kappa shape index (κ1) is 13.9. The lowest BCUT2D eigenvalue weighted by Gasteiger charge is -2.57. The van der Waals surface area contributed by atoms with Crippen molar-refractivity contribution in [3.63, 3.8) is 0 Å². The summed E-state index contributed by atoms with van der Waals surface area (Å²) >= 11 is 0. The summed E-state index contributed by atoms with van der Waals surface area (Å²) < 4.78 is 5.46. The molecule has 2 aliphatic carbocycles. The molecule has 3 fully saturated rings. The number of methoxy groups -OCH3 is 1. The van der Waals surface area contributed by atoms with Gasteiger partial charge in [0.05, 0.1) is 12.6 Å². The topological polar surface area (TPSA) is 58.6 Å². The maximum atomic E-state index is 12.9. The van der Waals surface area contributed by atoms with E-state index < -0.39 is 5.54 Å². The average molecular weight is 280 g/mol. The quantitative estimate of drug-likeness (QED) is 0.836. The molecule has 0 aromatic rings. The van der Waals surface area contributed by atoms with E-state index in [2.05, 4.69) is 19.2 Å². The third-order valence-electron chi connectivity index (χ3n) is 5.60. The Bertz CT molecular complexity index is 458. The molecule has 112 valence electrons. The number of amides is 2. The van der Waals surface area contributed by atoms with Crippen LogP contribution in [0.3, 0.4) is 0 Å². The molecule has 0 radical (unpaired) electrons. The van der Waals surface area contributed by atoms with Gasteiger partial charge in [0.25, 0.3) is 0 Å². The molecule has 3 atom stereocenters. The predicted octanol–water partition coefficient (Wildman–Crippen LogP) is 0.927. The van der Waals surface area contributed by atoms with Crippen LogP contribution in [0, 0.1) is 11.3 Å². The summed E-state index contributed by atoms with van der Waals surface area (Å²) in [6.07, 6.45) is 3.05. The van der Waals surface area contributed by atoms with E-state index in [0.717, 1.165) is 19.3 Å². The van der Waals surface area contributed by atoms with Gasteiger partial charge in [0.15, 0.2) is 0 Å². The lowest BCUT2D eigenvalue weighted by molar-refractivity contribution is -0.175. The van der Waals surface area contributed by atoms with Gasteiger partial charge < -0.3 is 15.0 Å². The summed E-state index contributed by atoms with van der Waals surface area (Å²) in [6, 6.07) is 0.101. The summed E-state index contributed by atoms with van der Waals surface area (Å²) in [4.78, 5) is 26.7. The zero-order chi connectivity index (χ0) is 14.7. The highest BCUT2D eigenvalue weighted by atomic mass is 16.5. The summed E-state index contributed by atoms with van der Waals surface area (Å²) in [6.45, 7) is 6.30. The van der Waals surface area contributed by atoms with E-state index in [1.165, 1.54) is 0 Å². The number of nitrogens with one attached hydrogen (secondary N) is 1. The fourth-order valence-electron chi connectivity index (χ4n) is 3.89. The minimum Gasteiger partial charge on any atom is -0.381 e. The first-order valence-electron chi connectivity index (χ1n) is 7.45. The van der Waals surface area contributed by atoms with Gasteiger partial charge in [0, 0.05) is 18.6 Å². The molecule has 2 amide bonds. The maximum absolute atomic E-state index is 12.9. The number of nitrogens with zero attached hydrogens (tertiary/aromatic N) is 1. The minimum atomic E-state index is -0.691. The molecule has 0 aromatic heterocycles. The monoisotopic (exact) mass is 280 g/mol. The Morgan fingerprint density at radius 1 is 1.25 bits per heavy atom. The molecule has 3 rings (SSSR count). The Kier molecular flexibility index (Phi) is 2.91.